The average Bonchev–Trinajstić information content (AvgIpc) is 2.37. The van der Waals surface area contributed by atoms with E-state index in [0.29, 0.717) is 5.95 Å². The quantitative estimate of drug-likeness (QED) is 0.536. The van der Waals surface area contributed by atoms with Crippen molar-refractivity contribution < 1.29 is 4.74 Å². The number of aryl methyl sites for hydroxylation is 1. The third kappa shape index (κ3) is 3.54. The van der Waals surface area contributed by atoms with Gasteiger partial charge in [-0.2, -0.15) is 4.98 Å². The molecule has 0 bridgehead atoms. The highest BCUT2D eigenvalue weighted by atomic mass is 16.5. The third-order valence-electron chi connectivity index (χ3n) is 2.77. The van der Waals surface area contributed by atoms with E-state index < -0.39 is 0 Å². The maximum Gasteiger partial charge on any atom is 0.239 e. The Morgan fingerprint density at radius 1 is 1.47 bits per heavy atom. The van der Waals surface area contributed by atoms with Crippen LogP contribution < -0.4 is 16.6 Å². The van der Waals surface area contributed by atoms with Gasteiger partial charge in [0.25, 0.3) is 0 Å². The highest BCUT2D eigenvalue weighted by Gasteiger charge is 2.13. The molecule has 0 spiro atoms. The van der Waals surface area contributed by atoms with Crippen molar-refractivity contribution in [1.29, 1.82) is 0 Å². The number of hydrogen-bond donors (Lipinski definition) is 3. The van der Waals surface area contributed by atoms with E-state index in [1.165, 1.54) is 12.8 Å². The van der Waals surface area contributed by atoms with Crippen LogP contribution in [0.3, 0.4) is 0 Å². The average molecular weight is 237 g/mol. The van der Waals surface area contributed by atoms with Gasteiger partial charge in [-0.15, -0.1) is 0 Å². The SMILES string of the molecule is Cc1cc(NCC2CCCCO2)nc(NN)n1. The van der Waals surface area contributed by atoms with Crippen molar-refractivity contribution in [2.75, 3.05) is 23.9 Å². The number of nitrogens with zero attached hydrogens (tertiary/aromatic N) is 2. The maximum atomic E-state index is 5.64. The molecule has 2 heterocycles. The van der Waals surface area contributed by atoms with Gasteiger partial charge in [0.1, 0.15) is 5.82 Å². The van der Waals surface area contributed by atoms with Crippen molar-refractivity contribution in [3.63, 3.8) is 0 Å². The van der Waals surface area contributed by atoms with Crippen LogP contribution in [0, 0.1) is 6.92 Å². The van der Waals surface area contributed by atoms with Crippen LogP contribution in [-0.2, 0) is 4.74 Å². The van der Waals surface area contributed by atoms with E-state index in [-0.39, 0.29) is 6.10 Å². The molecule has 6 heteroatoms. The molecular weight excluding hydrogens is 218 g/mol. The van der Waals surface area contributed by atoms with Crippen molar-refractivity contribution in [2.45, 2.75) is 32.3 Å². The molecule has 1 atom stereocenters. The van der Waals surface area contributed by atoms with Crippen LogP contribution in [0.15, 0.2) is 6.07 Å². The van der Waals surface area contributed by atoms with E-state index in [4.69, 9.17) is 10.6 Å². The summed E-state index contributed by atoms with van der Waals surface area (Å²) < 4.78 is 5.64. The second-order valence-electron chi connectivity index (χ2n) is 4.23. The molecule has 0 amide bonds. The molecule has 94 valence electrons. The number of nitrogens with one attached hydrogen (secondary N) is 2. The Bertz CT molecular complexity index is 365. The molecule has 1 aliphatic rings. The molecule has 1 aromatic heterocycles. The zero-order valence-electron chi connectivity index (χ0n) is 10.1. The minimum Gasteiger partial charge on any atom is -0.376 e. The summed E-state index contributed by atoms with van der Waals surface area (Å²) in [5.41, 5.74) is 3.33. The minimum atomic E-state index is 0.285. The van der Waals surface area contributed by atoms with Crippen molar-refractivity contribution >= 4 is 11.8 Å². The van der Waals surface area contributed by atoms with Crippen molar-refractivity contribution in [2.24, 2.45) is 5.84 Å². The summed E-state index contributed by atoms with van der Waals surface area (Å²) in [5, 5.41) is 3.26. The van der Waals surface area contributed by atoms with E-state index in [2.05, 4.69) is 20.7 Å². The number of ether oxygens (including phenoxy) is 1. The highest BCUT2D eigenvalue weighted by molar-refractivity contribution is 5.41. The Labute approximate surface area is 101 Å². The second-order valence-corrected chi connectivity index (χ2v) is 4.23. The summed E-state index contributed by atoms with van der Waals surface area (Å²) in [6.07, 6.45) is 3.81. The van der Waals surface area contributed by atoms with Gasteiger partial charge in [-0.25, -0.2) is 10.8 Å². The number of nitrogen functional groups attached to an aromatic ring is 1. The minimum absolute atomic E-state index is 0.285. The largest absolute Gasteiger partial charge is 0.376 e. The fraction of sp³-hybridized carbons (Fsp3) is 0.636. The molecule has 0 radical (unpaired) electrons. The van der Waals surface area contributed by atoms with E-state index in [0.717, 1.165) is 31.1 Å². The van der Waals surface area contributed by atoms with Gasteiger partial charge in [0.05, 0.1) is 6.10 Å². The third-order valence-corrected chi connectivity index (χ3v) is 2.77. The van der Waals surface area contributed by atoms with E-state index in [1.54, 1.807) is 0 Å². The van der Waals surface area contributed by atoms with Gasteiger partial charge in [0.15, 0.2) is 0 Å². The molecule has 17 heavy (non-hydrogen) atoms. The van der Waals surface area contributed by atoms with Gasteiger partial charge >= 0.3 is 0 Å². The zero-order chi connectivity index (χ0) is 12.1. The smallest absolute Gasteiger partial charge is 0.239 e. The lowest BCUT2D eigenvalue weighted by atomic mass is 10.1. The first-order valence-corrected chi connectivity index (χ1v) is 5.95. The number of aromatic nitrogens is 2. The number of rotatable bonds is 4. The molecule has 1 fully saturated rings. The predicted octanol–water partition coefficient (Wildman–Crippen LogP) is 1.05. The van der Waals surface area contributed by atoms with E-state index in [1.807, 2.05) is 13.0 Å². The Balaban J connectivity index is 1.91. The first-order chi connectivity index (χ1) is 8.28. The molecule has 1 unspecified atom stereocenters. The van der Waals surface area contributed by atoms with Crippen LogP contribution in [-0.4, -0.2) is 29.2 Å². The normalized spacial score (nSPS) is 20.0. The summed E-state index contributed by atoms with van der Waals surface area (Å²) in [6, 6.07) is 1.89. The summed E-state index contributed by atoms with van der Waals surface area (Å²) in [6.45, 7) is 3.55. The summed E-state index contributed by atoms with van der Waals surface area (Å²) in [4.78, 5) is 8.35. The number of anilines is 2. The molecule has 0 aromatic carbocycles. The lowest BCUT2D eigenvalue weighted by molar-refractivity contribution is 0.0247. The number of hydrazine groups is 1. The Morgan fingerprint density at radius 3 is 3.06 bits per heavy atom. The molecule has 2 rings (SSSR count). The van der Waals surface area contributed by atoms with Crippen LogP contribution >= 0.6 is 0 Å². The van der Waals surface area contributed by atoms with Crippen molar-refractivity contribution in [3.8, 4) is 0 Å². The molecule has 1 aliphatic heterocycles. The Hall–Kier alpha value is -1.40. The Morgan fingerprint density at radius 2 is 2.35 bits per heavy atom. The molecular formula is C11H19N5O. The predicted molar refractivity (Wildman–Crippen MR) is 66.7 cm³/mol. The molecule has 1 saturated heterocycles. The van der Waals surface area contributed by atoms with Crippen LogP contribution in [0.25, 0.3) is 0 Å². The molecule has 6 nitrogen and oxygen atoms in total. The standard InChI is InChI=1S/C11H19N5O/c1-8-6-10(15-11(14-8)16-12)13-7-9-4-2-3-5-17-9/h6,9H,2-5,7,12H2,1H3,(H2,13,14,15,16). The lowest BCUT2D eigenvalue weighted by Crippen LogP contribution is -2.27. The molecule has 0 aliphatic carbocycles. The fourth-order valence-electron chi connectivity index (χ4n) is 1.91. The maximum absolute atomic E-state index is 5.64. The van der Waals surface area contributed by atoms with Crippen molar-refractivity contribution in [1.82, 2.24) is 9.97 Å². The first kappa shape index (κ1) is 12.1. The fourth-order valence-corrected chi connectivity index (χ4v) is 1.91. The van der Waals surface area contributed by atoms with Gasteiger partial charge in [0.2, 0.25) is 5.95 Å². The summed E-state index contributed by atoms with van der Waals surface area (Å²) >= 11 is 0. The first-order valence-electron chi connectivity index (χ1n) is 5.95. The summed E-state index contributed by atoms with van der Waals surface area (Å²) in [7, 11) is 0. The second kappa shape index (κ2) is 5.79. The van der Waals surface area contributed by atoms with Gasteiger partial charge in [-0.05, 0) is 26.2 Å². The van der Waals surface area contributed by atoms with Gasteiger partial charge in [-0.1, -0.05) is 0 Å². The number of nitrogens with two attached hydrogens (primary N) is 1. The van der Waals surface area contributed by atoms with Crippen molar-refractivity contribution in [3.05, 3.63) is 11.8 Å². The van der Waals surface area contributed by atoms with Crippen LogP contribution in [0.1, 0.15) is 25.0 Å². The van der Waals surface area contributed by atoms with E-state index in [9.17, 15) is 0 Å². The van der Waals surface area contributed by atoms with Gasteiger partial charge in [-0.3, -0.25) is 5.43 Å². The monoisotopic (exact) mass is 237 g/mol. The van der Waals surface area contributed by atoms with Gasteiger partial charge in [0, 0.05) is 24.9 Å². The molecule has 4 N–H and O–H groups in total. The number of hydrogen-bond acceptors (Lipinski definition) is 6. The zero-order valence-corrected chi connectivity index (χ0v) is 10.1. The van der Waals surface area contributed by atoms with Crippen LogP contribution in [0.5, 0.6) is 0 Å². The summed E-state index contributed by atoms with van der Waals surface area (Å²) in [5.74, 6) is 6.50. The van der Waals surface area contributed by atoms with E-state index >= 15 is 0 Å². The molecule has 0 saturated carbocycles. The topological polar surface area (TPSA) is 85.1 Å². The lowest BCUT2D eigenvalue weighted by Gasteiger charge is -2.23. The van der Waals surface area contributed by atoms with Gasteiger partial charge < -0.3 is 10.1 Å². The highest BCUT2D eigenvalue weighted by Crippen LogP contribution is 2.14. The van der Waals surface area contributed by atoms with Crippen LogP contribution in [0.4, 0.5) is 11.8 Å². The Kier molecular flexibility index (Phi) is 4.11. The van der Waals surface area contributed by atoms with Crippen LogP contribution in [0.2, 0.25) is 0 Å². The molecule has 1 aromatic rings.